The van der Waals surface area contributed by atoms with Crippen molar-refractivity contribution in [3.8, 4) is 22.3 Å². The second-order valence-electron chi connectivity index (χ2n) is 14.9. The van der Waals surface area contributed by atoms with Gasteiger partial charge in [-0.15, -0.1) is 11.3 Å². The van der Waals surface area contributed by atoms with E-state index in [1.54, 1.807) is 0 Å². The van der Waals surface area contributed by atoms with Crippen LogP contribution in [0.25, 0.3) is 96.7 Å². The van der Waals surface area contributed by atoms with E-state index in [1.807, 2.05) is 11.3 Å². The molecule has 0 saturated carbocycles. The van der Waals surface area contributed by atoms with Crippen molar-refractivity contribution in [3.63, 3.8) is 0 Å². The molecule has 12 aromatic rings. The number of hydrogen-bond acceptors (Lipinski definition) is 3. The molecule has 266 valence electrons. The van der Waals surface area contributed by atoms with Gasteiger partial charge in [-0.1, -0.05) is 133 Å². The minimum absolute atomic E-state index is 0.903. The molecule has 57 heavy (non-hydrogen) atoms. The van der Waals surface area contributed by atoms with Crippen molar-refractivity contribution in [3.05, 3.63) is 200 Å². The highest BCUT2D eigenvalue weighted by Gasteiger charge is 2.18. The molecule has 0 fully saturated rings. The molecule has 0 amide bonds. The summed E-state index contributed by atoms with van der Waals surface area (Å²) in [6.07, 6.45) is 0. The monoisotopic (exact) mass is 743 g/mol. The van der Waals surface area contributed by atoms with Crippen molar-refractivity contribution in [2.24, 2.45) is 0 Å². The third kappa shape index (κ3) is 5.17. The molecular weight excluding hydrogens is 711 g/mol. The Hall–Kier alpha value is -7.20. The third-order valence-electron chi connectivity index (χ3n) is 11.6. The summed E-state index contributed by atoms with van der Waals surface area (Å²) in [5.41, 5.74) is 9.88. The van der Waals surface area contributed by atoms with Gasteiger partial charge in [-0.05, 0) is 116 Å². The van der Waals surface area contributed by atoms with E-state index in [0.29, 0.717) is 0 Å². The molecule has 0 N–H and O–H groups in total. The van der Waals surface area contributed by atoms with E-state index >= 15 is 0 Å². The Labute approximate surface area is 333 Å². The maximum absolute atomic E-state index is 6.54. The molecule has 2 aromatic heterocycles. The molecule has 0 aliphatic carbocycles. The van der Waals surface area contributed by atoms with Crippen molar-refractivity contribution in [1.29, 1.82) is 0 Å². The van der Waals surface area contributed by atoms with Gasteiger partial charge in [0.25, 0.3) is 0 Å². The molecule has 0 aliphatic rings. The fourth-order valence-electron chi connectivity index (χ4n) is 8.88. The average Bonchev–Trinajstić information content (AvgIpc) is 3.85. The van der Waals surface area contributed by atoms with E-state index in [1.165, 1.54) is 63.8 Å². The number of hydrogen-bond donors (Lipinski definition) is 0. The fraction of sp³-hybridized carbons (Fsp3) is 0. The zero-order valence-electron chi connectivity index (χ0n) is 30.8. The zero-order valence-corrected chi connectivity index (χ0v) is 31.6. The topological polar surface area (TPSA) is 16.4 Å². The van der Waals surface area contributed by atoms with Gasteiger partial charge >= 0.3 is 0 Å². The third-order valence-corrected chi connectivity index (χ3v) is 12.8. The first-order valence-corrected chi connectivity index (χ1v) is 20.2. The lowest BCUT2D eigenvalue weighted by molar-refractivity contribution is 0.673. The van der Waals surface area contributed by atoms with Gasteiger partial charge < -0.3 is 9.32 Å². The second kappa shape index (κ2) is 12.7. The van der Waals surface area contributed by atoms with Crippen LogP contribution < -0.4 is 4.90 Å². The maximum Gasteiger partial charge on any atom is 0.143 e. The minimum atomic E-state index is 0.903. The molecule has 2 nitrogen and oxygen atoms in total. The summed E-state index contributed by atoms with van der Waals surface area (Å²) in [7, 11) is 0. The van der Waals surface area contributed by atoms with Crippen molar-refractivity contribution in [2.45, 2.75) is 0 Å². The van der Waals surface area contributed by atoms with Crippen molar-refractivity contribution >= 4 is 103 Å². The van der Waals surface area contributed by atoms with E-state index < -0.39 is 0 Å². The molecule has 0 atom stereocenters. The molecule has 0 radical (unpaired) electrons. The molecule has 10 aromatic carbocycles. The molecule has 0 unspecified atom stereocenters. The van der Waals surface area contributed by atoms with Gasteiger partial charge in [-0.25, -0.2) is 0 Å². The zero-order chi connectivity index (χ0) is 37.5. The van der Waals surface area contributed by atoms with E-state index in [-0.39, 0.29) is 0 Å². The normalized spacial score (nSPS) is 11.9. The SMILES string of the molecule is c1ccc2c(c1)ccc1cc(-c3ccc(N(c4ccc(-c5cccc6oc7c8ccccc8ccc7c56)cc4)c4ccc5sc6ccccc6c5c4)cc3)ccc12. The van der Waals surface area contributed by atoms with Gasteiger partial charge in [-0.2, -0.15) is 0 Å². The van der Waals surface area contributed by atoms with Crippen LogP contribution in [0.3, 0.4) is 0 Å². The lowest BCUT2D eigenvalue weighted by Gasteiger charge is -2.26. The predicted octanol–water partition coefficient (Wildman–Crippen LogP) is 16.2. The fourth-order valence-corrected chi connectivity index (χ4v) is 9.97. The maximum atomic E-state index is 6.54. The summed E-state index contributed by atoms with van der Waals surface area (Å²) >= 11 is 1.85. The number of nitrogens with zero attached hydrogens (tertiary/aromatic N) is 1. The first kappa shape index (κ1) is 32.1. The summed E-state index contributed by atoms with van der Waals surface area (Å²) < 4.78 is 9.14. The number of anilines is 3. The molecule has 0 aliphatic heterocycles. The summed E-state index contributed by atoms with van der Waals surface area (Å²) in [5.74, 6) is 0. The molecule has 3 heteroatoms. The summed E-state index contributed by atoms with van der Waals surface area (Å²) in [6, 6.07) is 72.8. The Morgan fingerprint density at radius 3 is 1.77 bits per heavy atom. The van der Waals surface area contributed by atoms with Gasteiger partial charge in [0.15, 0.2) is 0 Å². The molecule has 12 rings (SSSR count). The first-order chi connectivity index (χ1) is 28.2. The van der Waals surface area contributed by atoms with Gasteiger partial charge in [0.2, 0.25) is 0 Å². The van der Waals surface area contributed by atoms with Crippen LogP contribution in [0.2, 0.25) is 0 Å². The summed E-state index contributed by atoms with van der Waals surface area (Å²) in [5, 5.41) is 12.3. The van der Waals surface area contributed by atoms with Crippen molar-refractivity contribution in [2.75, 3.05) is 4.90 Å². The van der Waals surface area contributed by atoms with Gasteiger partial charge in [-0.3, -0.25) is 0 Å². The van der Waals surface area contributed by atoms with Gasteiger partial charge in [0.05, 0.1) is 0 Å². The molecule has 2 heterocycles. The second-order valence-corrected chi connectivity index (χ2v) is 16.0. The lowest BCUT2D eigenvalue weighted by Crippen LogP contribution is -2.09. The average molecular weight is 744 g/mol. The number of furan rings is 1. The van der Waals surface area contributed by atoms with Crippen LogP contribution in [-0.2, 0) is 0 Å². The van der Waals surface area contributed by atoms with Crippen LogP contribution in [-0.4, -0.2) is 0 Å². The van der Waals surface area contributed by atoms with Gasteiger partial charge in [0.1, 0.15) is 11.2 Å². The number of rotatable bonds is 5. The lowest BCUT2D eigenvalue weighted by atomic mass is 9.97. The van der Waals surface area contributed by atoms with Crippen molar-refractivity contribution < 1.29 is 4.42 Å². The van der Waals surface area contributed by atoms with Gasteiger partial charge in [0, 0.05) is 53.4 Å². The smallest absolute Gasteiger partial charge is 0.143 e. The minimum Gasteiger partial charge on any atom is -0.455 e. The highest BCUT2D eigenvalue weighted by molar-refractivity contribution is 7.25. The van der Waals surface area contributed by atoms with Crippen LogP contribution in [0.15, 0.2) is 205 Å². The number of benzene rings is 10. The Bertz CT molecular complexity index is 3520. The summed E-state index contributed by atoms with van der Waals surface area (Å²) in [6.45, 7) is 0. The highest BCUT2D eigenvalue weighted by Crippen LogP contribution is 2.43. The first-order valence-electron chi connectivity index (χ1n) is 19.4. The Kier molecular flexibility index (Phi) is 7.13. The van der Waals surface area contributed by atoms with E-state index in [2.05, 4.69) is 205 Å². The Balaban J connectivity index is 0.969. The Morgan fingerprint density at radius 2 is 0.947 bits per heavy atom. The van der Waals surface area contributed by atoms with Crippen LogP contribution in [0.5, 0.6) is 0 Å². The molecule has 0 bridgehead atoms. The highest BCUT2D eigenvalue weighted by atomic mass is 32.1. The van der Waals surface area contributed by atoms with Crippen LogP contribution in [0.1, 0.15) is 0 Å². The largest absolute Gasteiger partial charge is 0.455 e. The van der Waals surface area contributed by atoms with E-state index in [9.17, 15) is 0 Å². The van der Waals surface area contributed by atoms with E-state index in [0.717, 1.165) is 50.0 Å². The molecule has 0 spiro atoms. The quantitative estimate of drug-likeness (QED) is 0.163. The summed E-state index contributed by atoms with van der Waals surface area (Å²) in [4.78, 5) is 2.38. The van der Waals surface area contributed by atoms with Crippen LogP contribution >= 0.6 is 11.3 Å². The van der Waals surface area contributed by atoms with Crippen LogP contribution in [0, 0.1) is 0 Å². The van der Waals surface area contributed by atoms with Crippen molar-refractivity contribution in [1.82, 2.24) is 0 Å². The van der Waals surface area contributed by atoms with E-state index in [4.69, 9.17) is 4.42 Å². The number of thiophene rings is 1. The molecular formula is C54H33NOS. The predicted molar refractivity (Wildman–Crippen MR) is 245 cm³/mol. The molecule has 0 saturated heterocycles. The van der Waals surface area contributed by atoms with Crippen LogP contribution in [0.4, 0.5) is 17.1 Å². The standard InChI is InChI=1S/C54H33NOS/c1-3-10-43-35(8-1)16-17-39-32-38(23-29-44(39)43)34-18-24-40(25-19-34)55(42-28-31-52-49(33-42)47-12-5-6-15-51(47)57-52)41-26-20-37(21-27-41)45-13-7-14-50-53(45)48-30-22-36-9-2-4-11-46(36)54(48)56-50/h1-33H. The number of fused-ring (bicyclic) bond motifs is 11. The Morgan fingerprint density at radius 1 is 0.351 bits per heavy atom.